The molecule has 0 fully saturated rings. The maximum Gasteiger partial charge on any atom is 0.236 e. The standard InChI is InChI=1S/C15H23FN2O/c1-3-4-7-10-17-15(19)12(2)18-11-13-8-5-6-9-14(13)16/h5-6,8-9,12,18H,3-4,7,10-11H2,1-2H3,(H,17,19). The van der Waals surface area contributed by atoms with Crippen molar-refractivity contribution in [1.29, 1.82) is 0 Å². The highest BCUT2D eigenvalue weighted by Gasteiger charge is 2.12. The predicted molar refractivity (Wildman–Crippen MR) is 75.2 cm³/mol. The van der Waals surface area contributed by atoms with E-state index in [1.807, 2.05) is 0 Å². The van der Waals surface area contributed by atoms with E-state index in [2.05, 4.69) is 17.6 Å². The van der Waals surface area contributed by atoms with Crippen molar-refractivity contribution in [2.24, 2.45) is 0 Å². The molecule has 0 bridgehead atoms. The maximum atomic E-state index is 13.4. The fraction of sp³-hybridized carbons (Fsp3) is 0.533. The van der Waals surface area contributed by atoms with Gasteiger partial charge in [-0.15, -0.1) is 0 Å². The SMILES string of the molecule is CCCCCNC(=O)C(C)NCc1ccccc1F. The van der Waals surface area contributed by atoms with Gasteiger partial charge in [0.25, 0.3) is 0 Å². The Labute approximate surface area is 114 Å². The molecule has 0 heterocycles. The Balaban J connectivity index is 2.28. The number of carbonyl (C=O) groups excluding carboxylic acids is 1. The van der Waals surface area contributed by atoms with Crippen LogP contribution in [-0.4, -0.2) is 18.5 Å². The summed E-state index contributed by atoms with van der Waals surface area (Å²) >= 11 is 0. The van der Waals surface area contributed by atoms with Crippen LogP contribution in [0.2, 0.25) is 0 Å². The lowest BCUT2D eigenvalue weighted by molar-refractivity contribution is -0.122. The highest BCUT2D eigenvalue weighted by Crippen LogP contribution is 2.05. The van der Waals surface area contributed by atoms with Crippen LogP contribution in [0, 0.1) is 5.82 Å². The molecule has 1 aromatic rings. The molecule has 1 unspecified atom stereocenters. The smallest absolute Gasteiger partial charge is 0.236 e. The third-order valence-electron chi connectivity index (χ3n) is 3.03. The van der Waals surface area contributed by atoms with Crippen molar-refractivity contribution < 1.29 is 9.18 Å². The number of carbonyl (C=O) groups is 1. The number of unbranched alkanes of at least 4 members (excludes halogenated alkanes) is 2. The highest BCUT2D eigenvalue weighted by atomic mass is 19.1. The average molecular weight is 266 g/mol. The van der Waals surface area contributed by atoms with Crippen molar-refractivity contribution in [3.05, 3.63) is 35.6 Å². The molecule has 106 valence electrons. The largest absolute Gasteiger partial charge is 0.355 e. The Bertz CT molecular complexity index is 395. The van der Waals surface area contributed by atoms with Gasteiger partial charge >= 0.3 is 0 Å². The molecule has 1 atom stereocenters. The van der Waals surface area contributed by atoms with Crippen LogP contribution in [-0.2, 0) is 11.3 Å². The summed E-state index contributed by atoms with van der Waals surface area (Å²) in [4.78, 5) is 11.7. The van der Waals surface area contributed by atoms with Crippen LogP contribution in [0.3, 0.4) is 0 Å². The van der Waals surface area contributed by atoms with Crippen molar-refractivity contribution in [2.45, 2.75) is 45.7 Å². The number of halogens is 1. The zero-order chi connectivity index (χ0) is 14.1. The lowest BCUT2D eigenvalue weighted by Gasteiger charge is -2.14. The fourth-order valence-corrected chi connectivity index (χ4v) is 1.74. The molecule has 19 heavy (non-hydrogen) atoms. The van der Waals surface area contributed by atoms with Crippen molar-refractivity contribution >= 4 is 5.91 Å². The van der Waals surface area contributed by atoms with E-state index in [4.69, 9.17) is 0 Å². The number of hydrogen-bond donors (Lipinski definition) is 2. The van der Waals surface area contributed by atoms with Gasteiger partial charge in [-0.2, -0.15) is 0 Å². The number of benzene rings is 1. The van der Waals surface area contributed by atoms with Gasteiger partial charge < -0.3 is 10.6 Å². The lowest BCUT2D eigenvalue weighted by Crippen LogP contribution is -2.42. The molecular weight excluding hydrogens is 243 g/mol. The summed E-state index contributed by atoms with van der Waals surface area (Å²) in [5.41, 5.74) is 0.577. The Morgan fingerprint density at radius 1 is 1.32 bits per heavy atom. The minimum atomic E-state index is -0.318. The maximum absolute atomic E-state index is 13.4. The first kappa shape index (κ1) is 15.6. The fourth-order valence-electron chi connectivity index (χ4n) is 1.74. The summed E-state index contributed by atoms with van der Waals surface area (Å²) in [6.45, 7) is 4.98. The lowest BCUT2D eigenvalue weighted by atomic mass is 10.2. The van der Waals surface area contributed by atoms with E-state index < -0.39 is 0 Å². The molecule has 0 saturated heterocycles. The summed E-state index contributed by atoms with van der Waals surface area (Å²) in [5.74, 6) is -0.280. The molecule has 1 aromatic carbocycles. The number of nitrogens with one attached hydrogen (secondary N) is 2. The van der Waals surface area contributed by atoms with Gasteiger partial charge in [-0.25, -0.2) is 4.39 Å². The Morgan fingerprint density at radius 2 is 2.05 bits per heavy atom. The Hall–Kier alpha value is -1.42. The van der Waals surface area contributed by atoms with Gasteiger partial charge in [0.15, 0.2) is 0 Å². The molecule has 0 aliphatic carbocycles. The molecule has 0 aliphatic heterocycles. The molecule has 3 nitrogen and oxygen atoms in total. The molecule has 0 aromatic heterocycles. The van der Waals surface area contributed by atoms with Crippen LogP contribution in [0.5, 0.6) is 0 Å². The molecule has 1 amide bonds. The second-order valence-corrected chi connectivity index (χ2v) is 4.69. The monoisotopic (exact) mass is 266 g/mol. The van der Waals surface area contributed by atoms with E-state index in [1.165, 1.54) is 6.07 Å². The molecule has 0 saturated carbocycles. The van der Waals surface area contributed by atoms with E-state index in [0.717, 1.165) is 19.3 Å². The van der Waals surface area contributed by atoms with Gasteiger partial charge in [-0.05, 0) is 19.4 Å². The van der Waals surface area contributed by atoms with Crippen LogP contribution in [0.25, 0.3) is 0 Å². The summed E-state index contributed by atoms with van der Waals surface area (Å²) < 4.78 is 13.4. The van der Waals surface area contributed by atoms with E-state index >= 15 is 0 Å². The second kappa shape index (κ2) is 8.64. The van der Waals surface area contributed by atoms with Crippen LogP contribution < -0.4 is 10.6 Å². The van der Waals surface area contributed by atoms with Gasteiger partial charge in [0.2, 0.25) is 5.91 Å². The molecule has 2 N–H and O–H groups in total. The molecule has 0 spiro atoms. The third-order valence-corrected chi connectivity index (χ3v) is 3.03. The number of amides is 1. The predicted octanol–water partition coefficient (Wildman–Crippen LogP) is 2.61. The Morgan fingerprint density at radius 3 is 2.74 bits per heavy atom. The van der Waals surface area contributed by atoms with E-state index in [9.17, 15) is 9.18 Å². The van der Waals surface area contributed by atoms with Crippen molar-refractivity contribution in [3.8, 4) is 0 Å². The summed E-state index contributed by atoms with van der Waals surface area (Å²) in [6, 6.07) is 6.26. The number of rotatable bonds is 8. The van der Waals surface area contributed by atoms with Crippen molar-refractivity contribution in [2.75, 3.05) is 6.54 Å². The van der Waals surface area contributed by atoms with Gasteiger partial charge in [0.1, 0.15) is 5.82 Å². The molecule has 1 rings (SSSR count). The van der Waals surface area contributed by atoms with Gasteiger partial charge in [-0.3, -0.25) is 4.79 Å². The van der Waals surface area contributed by atoms with Gasteiger partial charge in [0.05, 0.1) is 6.04 Å². The normalized spacial score (nSPS) is 12.2. The van der Waals surface area contributed by atoms with E-state index in [1.54, 1.807) is 25.1 Å². The van der Waals surface area contributed by atoms with Crippen LogP contribution in [0.15, 0.2) is 24.3 Å². The summed E-state index contributed by atoms with van der Waals surface area (Å²) in [5, 5.41) is 5.90. The average Bonchev–Trinajstić information content (AvgIpc) is 2.42. The third kappa shape index (κ3) is 5.83. The molecule has 0 radical (unpaired) electrons. The van der Waals surface area contributed by atoms with Crippen molar-refractivity contribution in [1.82, 2.24) is 10.6 Å². The van der Waals surface area contributed by atoms with Gasteiger partial charge in [-0.1, -0.05) is 38.0 Å². The van der Waals surface area contributed by atoms with Crippen LogP contribution in [0.1, 0.15) is 38.7 Å². The summed E-state index contributed by atoms with van der Waals surface area (Å²) in [7, 11) is 0. The van der Waals surface area contributed by atoms with Crippen LogP contribution >= 0.6 is 0 Å². The first-order valence-electron chi connectivity index (χ1n) is 6.89. The van der Waals surface area contributed by atoms with Gasteiger partial charge in [0, 0.05) is 18.7 Å². The summed E-state index contributed by atoms with van der Waals surface area (Å²) in [6.07, 6.45) is 3.26. The zero-order valence-electron chi connectivity index (χ0n) is 11.7. The first-order valence-corrected chi connectivity index (χ1v) is 6.89. The first-order chi connectivity index (χ1) is 9.15. The Kier molecular flexibility index (Phi) is 7.11. The molecule has 0 aliphatic rings. The van der Waals surface area contributed by atoms with E-state index in [-0.39, 0.29) is 17.8 Å². The van der Waals surface area contributed by atoms with Crippen LogP contribution in [0.4, 0.5) is 4.39 Å². The van der Waals surface area contributed by atoms with Crippen molar-refractivity contribution in [3.63, 3.8) is 0 Å². The molecule has 4 heteroatoms. The zero-order valence-corrected chi connectivity index (χ0v) is 11.7. The number of hydrogen-bond acceptors (Lipinski definition) is 2. The topological polar surface area (TPSA) is 41.1 Å². The van der Waals surface area contributed by atoms with E-state index in [0.29, 0.717) is 18.7 Å². The minimum Gasteiger partial charge on any atom is -0.355 e. The second-order valence-electron chi connectivity index (χ2n) is 4.69. The quantitative estimate of drug-likeness (QED) is 0.710. The molecular formula is C15H23FN2O. The highest BCUT2D eigenvalue weighted by molar-refractivity contribution is 5.81. The minimum absolute atomic E-state index is 0.0348.